The number of anilines is 2. The minimum atomic E-state index is -0.351. The second-order valence-electron chi connectivity index (χ2n) is 4.50. The summed E-state index contributed by atoms with van der Waals surface area (Å²) in [4.78, 5) is 16.6. The predicted molar refractivity (Wildman–Crippen MR) is 74.4 cm³/mol. The average molecular weight is 269 g/mol. The van der Waals surface area contributed by atoms with E-state index in [2.05, 4.69) is 16.8 Å². The molecule has 0 aromatic carbocycles. The number of rotatable bonds is 2. The molecule has 1 aromatic rings. The van der Waals surface area contributed by atoms with Crippen molar-refractivity contribution in [3.05, 3.63) is 10.9 Å². The number of hydrogen-bond donors (Lipinski definition) is 1. The number of carbonyl (C=O) groups excluding carboxylic acids is 1. The molecule has 0 radical (unpaired) electrons. The highest BCUT2D eigenvalue weighted by Gasteiger charge is 2.19. The van der Waals surface area contributed by atoms with Crippen molar-refractivity contribution in [2.75, 3.05) is 51.0 Å². The molecule has 1 aromatic heterocycles. The van der Waals surface area contributed by atoms with E-state index in [4.69, 9.17) is 10.5 Å². The first-order valence-electron chi connectivity index (χ1n) is 6.03. The number of hydrogen-bond acceptors (Lipinski definition) is 6. The molecule has 2 rings (SSSR count). The molecule has 6 heteroatoms. The fourth-order valence-corrected chi connectivity index (χ4v) is 3.12. The van der Waals surface area contributed by atoms with E-state index in [0.717, 1.165) is 37.6 Å². The van der Waals surface area contributed by atoms with Gasteiger partial charge in [0.15, 0.2) is 0 Å². The van der Waals surface area contributed by atoms with E-state index in [1.807, 2.05) is 6.07 Å². The summed E-state index contributed by atoms with van der Waals surface area (Å²) in [5.74, 6) is -0.351. The van der Waals surface area contributed by atoms with Gasteiger partial charge in [-0.3, -0.25) is 0 Å². The molecule has 2 N–H and O–H groups in total. The number of nitrogens with zero attached hydrogens (tertiary/aromatic N) is 2. The van der Waals surface area contributed by atoms with Gasteiger partial charge in [0.05, 0.1) is 17.8 Å². The third-order valence-electron chi connectivity index (χ3n) is 3.15. The van der Waals surface area contributed by atoms with E-state index in [1.54, 1.807) is 0 Å². The van der Waals surface area contributed by atoms with Crippen molar-refractivity contribution in [2.45, 2.75) is 6.42 Å². The lowest BCUT2D eigenvalue weighted by molar-refractivity contribution is 0.0607. The molecule has 0 unspecified atom stereocenters. The molecule has 1 saturated heterocycles. The summed E-state index contributed by atoms with van der Waals surface area (Å²) in [6.07, 6.45) is 1.13. The molecule has 0 aliphatic carbocycles. The fraction of sp³-hybridized carbons (Fsp3) is 0.583. The molecule has 0 amide bonds. The second-order valence-corrected chi connectivity index (χ2v) is 5.54. The summed E-state index contributed by atoms with van der Waals surface area (Å²) in [7, 11) is 3.51. The van der Waals surface area contributed by atoms with Crippen LogP contribution < -0.4 is 10.6 Å². The van der Waals surface area contributed by atoms with Gasteiger partial charge in [0, 0.05) is 19.6 Å². The first-order chi connectivity index (χ1) is 8.61. The Labute approximate surface area is 111 Å². The predicted octanol–water partition coefficient (Wildman–Crippen LogP) is 1.26. The van der Waals surface area contributed by atoms with Crippen molar-refractivity contribution < 1.29 is 9.53 Å². The smallest absolute Gasteiger partial charge is 0.350 e. The van der Waals surface area contributed by atoms with Gasteiger partial charge in [0.2, 0.25) is 0 Å². The lowest BCUT2D eigenvalue weighted by Gasteiger charge is -2.20. The Morgan fingerprint density at radius 1 is 1.39 bits per heavy atom. The van der Waals surface area contributed by atoms with Crippen LogP contribution in [0.15, 0.2) is 6.07 Å². The Kier molecular flexibility index (Phi) is 4.08. The summed E-state index contributed by atoms with van der Waals surface area (Å²) < 4.78 is 4.72. The van der Waals surface area contributed by atoms with Gasteiger partial charge in [-0.05, 0) is 26.1 Å². The summed E-state index contributed by atoms with van der Waals surface area (Å²) in [5, 5.41) is 1.06. The molecule has 0 atom stereocenters. The van der Waals surface area contributed by atoms with Crippen molar-refractivity contribution >= 4 is 28.0 Å². The minimum absolute atomic E-state index is 0.351. The van der Waals surface area contributed by atoms with Gasteiger partial charge in [-0.15, -0.1) is 11.3 Å². The van der Waals surface area contributed by atoms with Gasteiger partial charge in [-0.25, -0.2) is 4.79 Å². The van der Waals surface area contributed by atoms with E-state index >= 15 is 0 Å². The summed E-state index contributed by atoms with van der Waals surface area (Å²) >= 11 is 1.42. The highest BCUT2D eigenvalue weighted by atomic mass is 32.1. The summed E-state index contributed by atoms with van der Waals surface area (Å²) in [6.45, 7) is 4.12. The highest BCUT2D eigenvalue weighted by molar-refractivity contribution is 7.18. The van der Waals surface area contributed by atoms with Crippen LogP contribution >= 0.6 is 11.3 Å². The molecule has 100 valence electrons. The number of likely N-dealkylation sites (N-methyl/N-ethyl adjacent to an activating group) is 1. The Morgan fingerprint density at radius 3 is 2.89 bits per heavy atom. The van der Waals surface area contributed by atoms with E-state index in [0.29, 0.717) is 10.6 Å². The normalized spacial score (nSPS) is 17.6. The van der Waals surface area contributed by atoms with Crippen LogP contribution in [0.1, 0.15) is 16.1 Å². The average Bonchev–Trinajstić information content (AvgIpc) is 2.60. The maximum absolute atomic E-state index is 11.5. The molecular weight excluding hydrogens is 250 g/mol. The maximum atomic E-state index is 11.5. The first kappa shape index (κ1) is 13.2. The topological polar surface area (TPSA) is 58.8 Å². The van der Waals surface area contributed by atoms with Crippen LogP contribution in [-0.2, 0) is 4.74 Å². The number of ether oxygens (including phenoxy) is 1. The third-order valence-corrected chi connectivity index (χ3v) is 4.34. The van der Waals surface area contributed by atoms with E-state index in [1.165, 1.54) is 18.4 Å². The van der Waals surface area contributed by atoms with Crippen LogP contribution in [0.25, 0.3) is 0 Å². The van der Waals surface area contributed by atoms with Gasteiger partial charge >= 0.3 is 5.97 Å². The third kappa shape index (κ3) is 2.76. The fourth-order valence-electron chi connectivity index (χ4n) is 2.07. The highest BCUT2D eigenvalue weighted by Crippen LogP contribution is 2.33. The van der Waals surface area contributed by atoms with Crippen LogP contribution in [0.3, 0.4) is 0 Å². The Bertz CT molecular complexity index is 433. The van der Waals surface area contributed by atoms with Gasteiger partial charge in [-0.2, -0.15) is 0 Å². The molecular formula is C12H19N3O2S. The molecule has 5 nitrogen and oxygen atoms in total. The van der Waals surface area contributed by atoms with Crippen LogP contribution in [0.2, 0.25) is 0 Å². The number of esters is 1. The molecule has 0 saturated carbocycles. The quantitative estimate of drug-likeness (QED) is 0.819. The SMILES string of the molecule is COC(=O)c1sc(N2CCCN(C)CC2)cc1N. The van der Waals surface area contributed by atoms with Gasteiger partial charge in [0.25, 0.3) is 0 Å². The zero-order chi connectivity index (χ0) is 13.1. The van der Waals surface area contributed by atoms with Crippen LogP contribution in [0, 0.1) is 0 Å². The molecule has 1 aliphatic rings. The minimum Gasteiger partial charge on any atom is -0.465 e. The molecule has 2 heterocycles. The van der Waals surface area contributed by atoms with Crippen molar-refractivity contribution in [3.8, 4) is 0 Å². The Hall–Kier alpha value is -1.27. The van der Waals surface area contributed by atoms with E-state index in [9.17, 15) is 4.79 Å². The van der Waals surface area contributed by atoms with Gasteiger partial charge in [-0.1, -0.05) is 0 Å². The van der Waals surface area contributed by atoms with E-state index in [-0.39, 0.29) is 5.97 Å². The summed E-state index contributed by atoms with van der Waals surface area (Å²) in [6, 6.07) is 1.88. The molecule has 1 aliphatic heterocycles. The molecule has 0 spiro atoms. The molecule has 18 heavy (non-hydrogen) atoms. The zero-order valence-corrected chi connectivity index (χ0v) is 11.6. The zero-order valence-electron chi connectivity index (χ0n) is 10.8. The van der Waals surface area contributed by atoms with Gasteiger partial charge < -0.3 is 20.3 Å². The Morgan fingerprint density at radius 2 is 2.17 bits per heavy atom. The largest absolute Gasteiger partial charge is 0.465 e. The Balaban J connectivity index is 2.15. The molecule has 0 bridgehead atoms. The second kappa shape index (κ2) is 5.58. The lowest BCUT2D eigenvalue weighted by atomic mass is 10.3. The number of methoxy groups -OCH3 is 1. The van der Waals surface area contributed by atoms with Crippen molar-refractivity contribution in [1.29, 1.82) is 0 Å². The number of carbonyl (C=O) groups is 1. The number of nitrogens with two attached hydrogens (primary N) is 1. The molecule has 1 fully saturated rings. The number of thiophene rings is 1. The lowest BCUT2D eigenvalue weighted by Crippen LogP contribution is -2.28. The maximum Gasteiger partial charge on any atom is 0.350 e. The van der Waals surface area contributed by atoms with E-state index < -0.39 is 0 Å². The van der Waals surface area contributed by atoms with Crippen LogP contribution in [-0.4, -0.2) is 51.2 Å². The van der Waals surface area contributed by atoms with Crippen LogP contribution in [0.4, 0.5) is 10.7 Å². The van der Waals surface area contributed by atoms with Gasteiger partial charge in [0.1, 0.15) is 4.88 Å². The van der Waals surface area contributed by atoms with Crippen LogP contribution in [0.5, 0.6) is 0 Å². The number of nitrogen functional groups attached to an aromatic ring is 1. The standard InChI is InChI=1S/C12H19N3O2S/c1-14-4-3-5-15(7-6-14)10-8-9(13)11(18-10)12(16)17-2/h8H,3-7,13H2,1-2H3. The first-order valence-corrected chi connectivity index (χ1v) is 6.84. The summed E-state index contributed by atoms with van der Waals surface area (Å²) in [5.41, 5.74) is 6.38. The monoisotopic (exact) mass is 269 g/mol. The van der Waals surface area contributed by atoms with Crippen molar-refractivity contribution in [1.82, 2.24) is 4.90 Å². The van der Waals surface area contributed by atoms with Crippen molar-refractivity contribution in [3.63, 3.8) is 0 Å². The van der Waals surface area contributed by atoms with Crippen molar-refractivity contribution in [2.24, 2.45) is 0 Å².